The van der Waals surface area contributed by atoms with Crippen LogP contribution < -0.4 is 15.8 Å². The van der Waals surface area contributed by atoms with Crippen molar-refractivity contribution in [2.45, 2.75) is 83.3 Å². The molecule has 3 N–H and O–H groups in total. The molecule has 2 aliphatic heterocycles. The highest BCUT2D eigenvalue weighted by Crippen LogP contribution is 2.58. The first-order valence-electron chi connectivity index (χ1n) is 12.7. The molecule has 5 atom stereocenters. The summed E-state index contributed by atoms with van der Waals surface area (Å²) in [5.74, 6) is -4.83. The minimum absolute atomic E-state index is 0.0898. The lowest BCUT2D eigenvalue weighted by Gasteiger charge is -2.34. The molecule has 1 unspecified atom stereocenters. The minimum Gasteiger partial charge on any atom is -0.403 e. The van der Waals surface area contributed by atoms with Gasteiger partial charge in [-0.25, -0.2) is 18.1 Å². The van der Waals surface area contributed by atoms with Crippen molar-refractivity contribution in [1.29, 1.82) is 0 Å². The monoisotopic (exact) mass is 562 g/mol. The van der Waals surface area contributed by atoms with Crippen molar-refractivity contribution in [1.82, 2.24) is 9.55 Å². The Kier molecular flexibility index (Phi) is 6.36. The van der Waals surface area contributed by atoms with Crippen LogP contribution in [0.3, 0.4) is 0 Å². The van der Waals surface area contributed by atoms with E-state index in [9.17, 15) is 24.4 Å². The van der Waals surface area contributed by atoms with Crippen molar-refractivity contribution in [3.05, 3.63) is 61.7 Å². The van der Waals surface area contributed by atoms with Crippen molar-refractivity contribution >= 4 is 7.82 Å². The van der Waals surface area contributed by atoms with Crippen LogP contribution in [0.25, 0.3) is 0 Å². The summed E-state index contributed by atoms with van der Waals surface area (Å²) >= 11 is 0. The fraction of sp³-hybridized carbons (Fsp3) is 0.583. The maximum atomic E-state index is 16.0. The number of aromatic amines is 1. The molecule has 0 bridgehead atoms. The van der Waals surface area contributed by atoms with E-state index in [1.807, 2.05) is 4.98 Å². The summed E-state index contributed by atoms with van der Waals surface area (Å²) in [5, 5.41) is 20.8. The summed E-state index contributed by atoms with van der Waals surface area (Å²) in [5.41, 5.74) is -2.63. The van der Waals surface area contributed by atoms with Gasteiger partial charge in [-0.05, 0) is 22.5 Å². The zero-order valence-electron chi connectivity index (χ0n) is 23.6. The molecule has 0 amide bonds. The summed E-state index contributed by atoms with van der Waals surface area (Å²) in [6.45, 7) is 6.26. The van der Waals surface area contributed by atoms with Crippen molar-refractivity contribution in [2.75, 3.05) is 6.56 Å². The van der Waals surface area contributed by atoms with Gasteiger partial charge in [0.05, 0.1) is 14.9 Å². The van der Waals surface area contributed by atoms with Crippen LogP contribution in [0.2, 0.25) is 0 Å². The molecule has 4 rings (SSSR count). The Bertz CT molecular complexity index is 1500. The first kappa shape index (κ1) is 25.8. The van der Waals surface area contributed by atoms with E-state index in [-0.39, 0.29) is 11.3 Å². The summed E-state index contributed by atoms with van der Waals surface area (Å²) in [7, 11) is -5.06. The Balaban J connectivity index is 1.70. The smallest absolute Gasteiger partial charge is 0.403 e. The third kappa shape index (κ3) is 5.11. The molecule has 1 aromatic carbocycles. The molecule has 3 heterocycles. The number of halogens is 2. The summed E-state index contributed by atoms with van der Waals surface area (Å²) in [6, 6.07) is 2.39. The molecule has 0 radical (unpaired) electrons. The molecule has 14 heteroatoms. The maximum Gasteiger partial charge on any atom is 0.530 e. The van der Waals surface area contributed by atoms with Gasteiger partial charge in [-0.3, -0.25) is 23.4 Å². The average Bonchev–Trinajstić information content (AvgIpc) is 3.02. The van der Waals surface area contributed by atoms with E-state index < -0.39 is 73.2 Å². The number of benzene rings is 1. The van der Waals surface area contributed by atoms with Gasteiger partial charge in [0.15, 0.2) is 6.23 Å². The molecular weight excluding hydrogens is 529 g/mol. The molecule has 38 heavy (non-hydrogen) atoms. The quantitative estimate of drug-likeness (QED) is 0.478. The Morgan fingerprint density at radius 2 is 1.87 bits per heavy atom. The number of aromatic nitrogens is 2. The van der Waals surface area contributed by atoms with Gasteiger partial charge >= 0.3 is 13.5 Å². The number of hydrogen-bond donors (Lipinski definition) is 3. The average molecular weight is 562 g/mol. The predicted molar refractivity (Wildman–Crippen MR) is 130 cm³/mol. The maximum absolute atomic E-state index is 16.0. The number of phosphoric ester groups is 1. The number of aliphatic hydroxyl groups excluding tert-OH is 2. The molecule has 1 saturated heterocycles. The highest BCUT2D eigenvalue weighted by molar-refractivity contribution is 7.49. The number of nitrogens with zero attached hydrogens (tertiary/aromatic N) is 1. The third-order valence-electron chi connectivity index (χ3n) is 6.21. The number of H-pyrrole nitrogens is 1. The van der Waals surface area contributed by atoms with E-state index in [0.717, 1.165) is 12.3 Å². The van der Waals surface area contributed by atoms with Crippen molar-refractivity contribution in [3.63, 3.8) is 0 Å². The van der Waals surface area contributed by atoms with Gasteiger partial charge in [-0.15, -0.1) is 0 Å². The van der Waals surface area contributed by atoms with E-state index in [0.29, 0.717) is 15.7 Å². The Morgan fingerprint density at radius 3 is 2.45 bits per heavy atom. The number of aliphatic hydroxyl groups is 2. The van der Waals surface area contributed by atoms with Crippen molar-refractivity contribution in [3.8, 4) is 5.75 Å². The first-order chi connectivity index (χ1) is 18.1. The molecule has 2 aromatic rings. The zero-order valence-corrected chi connectivity index (χ0v) is 22.5. The van der Waals surface area contributed by atoms with Gasteiger partial charge in [0.25, 0.3) is 11.4 Å². The molecule has 0 spiro atoms. The fourth-order valence-electron chi connectivity index (χ4n) is 4.10. The van der Waals surface area contributed by atoms with Crippen molar-refractivity contribution in [2.24, 2.45) is 0 Å². The van der Waals surface area contributed by atoms with E-state index in [2.05, 4.69) is 0 Å². The highest BCUT2D eigenvalue weighted by atomic mass is 31.2. The molecule has 1 aromatic heterocycles. The molecule has 210 valence electrons. The lowest BCUT2D eigenvalue weighted by atomic mass is 9.78. The molecule has 1 fully saturated rings. The number of fused-ring (bicyclic) bond motifs is 1. The lowest BCUT2D eigenvalue weighted by Crippen LogP contribution is -2.43. The second-order valence-electron chi connectivity index (χ2n) is 11.2. The van der Waals surface area contributed by atoms with Crippen LogP contribution in [0.5, 0.6) is 5.75 Å². The Hall–Kier alpha value is -2.41. The number of rotatable bonds is 4. The normalized spacial score (nSPS) is 30.8. The molecule has 0 aliphatic carbocycles. The van der Waals surface area contributed by atoms with Crippen molar-refractivity contribution < 1.29 is 44.6 Å². The topological polar surface area (TPSA) is 149 Å². The SMILES string of the molecule is [2H]C([2H])(OP1(=O)OCc2c(F)c(C(C)(C)C)cc(C(C)(C)C)c2O1)[C@@]1(F)O[C@@H](n2ccc(=O)[nH]c2=O)[C@H](O)[C@@H]1O. The van der Waals surface area contributed by atoms with Crippen LogP contribution in [-0.4, -0.2) is 44.4 Å². The number of hydrogen-bond acceptors (Lipinski definition) is 9. The van der Waals surface area contributed by atoms with Gasteiger partial charge in [0.1, 0.15) is 30.3 Å². The Labute approximate surface area is 219 Å². The number of ether oxygens (including phenoxy) is 1. The van der Waals surface area contributed by atoms with E-state index in [4.69, 9.17) is 21.0 Å². The second kappa shape index (κ2) is 9.35. The summed E-state index contributed by atoms with van der Waals surface area (Å²) < 4.78 is 82.3. The van der Waals surface area contributed by atoms with Crippen LogP contribution >= 0.6 is 7.82 Å². The number of alkyl halides is 1. The second-order valence-corrected chi connectivity index (χ2v) is 12.7. The van der Waals surface area contributed by atoms with Crippen LogP contribution in [0.1, 0.15) is 67.2 Å². The van der Waals surface area contributed by atoms with E-state index in [1.165, 1.54) is 0 Å². The minimum atomic E-state index is -5.06. The van der Waals surface area contributed by atoms with Gasteiger partial charge in [0, 0.05) is 17.8 Å². The van der Waals surface area contributed by atoms with Crippen LogP contribution in [0.4, 0.5) is 8.78 Å². The molecule has 0 saturated carbocycles. The lowest BCUT2D eigenvalue weighted by molar-refractivity contribution is -0.205. The van der Waals surface area contributed by atoms with Gasteiger partial charge in [-0.2, -0.15) is 0 Å². The van der Waals surface area contributed by atoms with Gasteiger partial charge in [0.2, 0.25) is 0 Å². The van der Waals surface area contributed by atoms with Crippen LogP contribution in [-0.2, 0) is 35.8 Å². The fourth-order valence-corrected chi connectivity index (χ4v) is 5.20. The van der Waals surface area contributed by atoms with Crippen LogP contribution in [0.15, 0.2) is 27.9 Å². The van der Waals surface area contributed by atoms with E-state index in [1.54, 1.807) is 47.6 Å². The van der Waals surface area contributed by atoms with E-state index >= 15 is 8.78 Å². The zero-order chi connectivity index (χ0) is 30.2. The summed E-state index contributed by atoms with van der Waals surface area (Å²) in [4.78, 5) is 25.3. The third-order valence-corrected chi connectivity index (χ3v) is 7.37. The molecular formula is C24H31F2N2O9P. The molecule has 2 aliphatic rings. The van der Waals surface area contributed by atoms with Gasteiger partial charge < -0.3 is 19.5 Å². The predicted octanol–water partition coefficient (Wildman–Crippen LogP) is 2.92. The van der Waals surface area contributed by atoms with Crippen LogP contribution in [0, 0.1) is 5.82 Å². The number of phosphoric acid groups is 1. The Morgan fingerprint density at radius 1 is 1.24 bits per heavy atom. The molecule has 11 nitrogen and oxygen atoms in total. The standard InChI is InChI=1S/C24H31F2N2O9P/c1-22(2,3)13-9-14(23(4,5)6)18-12(16(13)25)10-34-38(33,37-18)35-11-24(26)19(31)17(30)20(36-24)28-8-7-15(29)27-21(28)32/h7-9,17,19-20,30-31H,10-11H2,1-6H3,(H,27,29,32)/t17-,19+,20-,24-,38?/m1/s1/i11D2. The number of nitrogens with one attached hydrogen (secondary N) is 1. The summed E-state index contributed by atoms with van der Waals surface area (Å²) in [6.07, 6.45) is -6.09. The van der Waals surface area contributed by atoms with Gasteiger partial charge in [-0.1, -0.05) is 41.5 Å². The highest BCUT2D eigenvalue weighted by Gasteiger charge is 2.58. The first-order valence-corrected chi connectivity index (χ1v) is 13.1. The largest absolute Gasteiger partial charge is 0.530 e.